The zero-order chi connectivity index (χ0) is 15.6. The molecule has 0 spiro atoms. The Balaban J connectivity index is 1.51. The maximum atomic E-state index is 12.6. The highest BCUT2D eigenvalue weighted by atomic mass is 16.5. The molecular formula is C19H25NO3. The zero-order valence-electron chi connectivity index (χ0n) is 13.7. The molecule has 1 aliphatic carbocycles. The lowest BCUT2D eigenvalue weighted by Crippen LogP contribution is -2.35. The molecule has 124 valence electrons. The van der Waals surface area contributed by atoms with Crippen molar-refractivity contribution in [3.05, 3.63) is 22.8 Å². The number of fused-ring (bicyclic) bond motifs is 2. The molecule has 23 heavy (non-hydrogen) atoms. The summed E-state index contributed by atoms with van der Waals surface area (Å²) in [4.78, 5) is 12.6. The molecule has 2 aliphatic heterocycles. The van der Waals surface area contributed by atoms with Gasteiger partial charge in [-0.25, -0.2) is 0 Å². The summed E-state index contributed by atoms with van der Waals surface area (Å²) in [6.45, 7) is 1.44. The van der Waals surface area contributed by atoms with Crippen molar-refractivity contribution >= 4 is 5.91 Å². The fourth-order valence-electron chi connectivity index (χ4n) is 4.13. The Morgan fingerprint density at radius 2 is 1.87 bits per heavy atom. The lowest BCUT2D eigenvalue weighted by molar-refractivity contribution is -0.121. The Bertz CT molecular complexity index is 571. The minimum absolute atomic E-state index is 0.134. The molecule has 2 heterocycles. The van der Waals surface area contributed by atoms with E-state index in [1.807, 2.05) is 0 Å². The van der Waals surface area contributed by atoms with Crippen LogP contribution in [0.5, 0.6) is 11.5 Å². The molecule has 0 radical (unpaired) electrons. The van der Waals surface area contributed by atoms with E-state index in [0.29, 0.717) is 12.5 Å². The summed E-state index contributed by atoms with van der Waals surface area (Å²) in [5.41, 5.74) is 3.45. The molecule has 1 saturated carbocycles. The maximum Gasteiger partial charge on any atom is 0.224 e. The van der Waals surface area contributed by atoms with E-state index in [9.17, 15) is 4.79 Å². The molecule has 3 aliphatic rings. The van der Waals surface area contributed by atoms with E-state index in [1.54, 1.807) is 0 Å². The van der Waals surface area contributed by atoms with Gasteiger partial charge in [-0.05, 0) is 18.9 Å². The number of rotatable bonds is 3. The molecule has 1 N–H and O–H groups in total. The maximum absolute atomic E-state index is 12.6. The number of carbonyl (C=O) groups is 1. The molecule has 1 amide bonds. The minimum Gasteiger partial charge on any atom is -0.493 e. The summed E-state index contributed by atoms with van der Waals surface area (Å²) in [5.74, 6) is 2.05. The van der Waals surface area contributed by atoms with Gasteiger partial charge in [-0.3, -0.25) is 4.79 Å². The van der Waals surface area contributed by atoms with Gasteiger partial charge < -0.3 is 14.8 Å². The SMILES string of the molecule is O=C(Cc1c2c(cc3c1OCC3)OCC2)NC1CCCCCC1. The first-order chi connectivity index (χ1) is 11.3. The Morgan fingerprint density at radius 1 is 1.09 bits per heavy atom. The summed E-state index contributed by atoms with van der Waals surface area (Å²) >= 11 is 0. The third-order valence-corrected chi connectivity index (χ3v) is 5.32. The van der Waals surface area contributed by atoms with Gasteiger partial charge in [0, 0.05) is 35.6 Å². The summed E-state index contributed by atoms with van der Waals surface area (Å²) in [5, 5.41) is 3.25. The number of amides is 1. The third kappa shape index (κ3) is 3.04. The molecule has 4 heteroatoms. The summed E-state index contributed by atoms with van der Waals surface area (Å²) < 4.78 is 11.6. The average molecular weight is 315 g/mol. The van der Waals surface area contributed by atoms with Gasteiger partial charge in [0.15, 0.2) is 0 Å². The second kappa shape index (κ2) is 6.42. The predicted molar refractivity (Wildman–Crippen MR) is 88.2 cm³/mol. The Morgan fingerprint density at radius 3 is 2.70 bits per heavy atom. The lowest BCUT2D eigenvalue weighted by atomic mass is 9.96. The van der Waals surface area contributed by atoms with E-state index in [2.05, 4.69) is 11.4 Å². The van der Waals surface area contributed by atoms with Crippen LogP contribution in [0.15, 0.2) is 6.07 Å². The quantitative estimate of drug-likeness (QED) is 0.873. The van der Waals surface area contributed by atoms with Gasteiger partial charge in [-0.2, -0.15) is 0 Å². The van der Waals surface area contributed by atoms with Crippen LogP contribution in [0.2, 0.25) is 0 Å². The van der Waals surface area contributed by atoms with Crippen molar-refractivity contribution in [3.63, 3.8) is 0 Å². The van der Waals surface area contributed by atoms with E-state index in [1.165, 1.54) is 36.8 Å². The van der Waals surface area contributed by atoms with Crippen LogP contribution in [0.25, 0.3) is 0 Å². The number of ether oxygens (including phenoxy) is 2. The largest absolute Gasteiger partial charge is 0.493 e. The third-order valence-electron chi connectivity index (χ3n) is 5.32. The molecule has 1 fully saturated rings. The van der Waals surface area contributed by atoms with Gasteiger partial charge >= 0.3 is 0 Å². The Hall–Kier alpha value is -1.71. The summed E-state index contributed by atoms with van der Waals surface area (Å²) in [7, 11) is 0. The molecule has 0 bridgehead atoms. The van der Waals surface area contributed by atoms with Crippen LogP contribution in [0.3, 0.4) is 0 Å². The van der Waals surface area contributed by atoms with E-state index >= 15 is 0 Å². The van der Waals surface area contributed by atoms with Crippen LogP contribution in [-0.2, 0) is 24.1 Å². The van der Waals surface area contributed by atoms with Gasteiger partial charge in [0.05, 0.1) is 19.6 Å². The van der Waals surface area contributed by atoms with Gasteiger partial charge in [0.25, 0.3) is 0 Å². The molecule has 0 aromatic heterocycles. The van der Waals surface area contributed by atoms with Gasteiger partial charge in [-0.15, -0.1) is 0 Å². The van der Waals surface area contributed by atoms with Crippen LogP contribution >= 0.6 is 0 Å². The second-order valence-corrected chi connectivity index (χ2v) is 6.95. The van der Waals surface area contributed by atoms with E-state index < -0.39 is 0 Å². The topological polar surface area (TPSA) is 47.6 Å². The second-order valence-electron chi connectivity index (χ2n) is 6.95. The Labute approximate surface area is 137 Å². The van der Waals surface area contributed by atoms with Crippen molar-refractivity contribution in [1.29, 1.82) is 0 Å². The van der Waals surface area contributed by atoms with Crippen LogP contribution in [0.1, 0.15) is 55.2 Å². The van der Waals surface area contributed by atoms with Gasteiger partial charge in [0.1, 0.15) is 11.5 Å². The van der Waals surface area contributed by atoms with Crippen LogP contribution < -0.4 is 14.8 Å². The van der Waals surface area contributed by atoms with Crippen molar-refractivity contribution in [2.24, 2.45) is 0 Å². The molecule has 0 unspecified atom stereocenters. The minimum atomic E-state index is 0.134. The summed E-state index contributed by atoms with van der Waals surface area (Å²) in [6, 6.07) is 2.46. The molecule has 1 aromatic rings. The van der Waals surface area contributed by atoms with Crippen molar-refractivity contribution in [2.75, 3.05) is 13.2 Å². The highest BCUT2D eigenvalue weighted by Gasteiger charge is 2.28. The molecule has 0 saturated heterocycles. The smallest absolute Gasteiger partial charge is 0.224 e. The monoisotopic (exact) mass is 315 g/mol. The number of carbonyl (C=O) groups excluding carboxylic acids is 1. The normalized spacial score (nSPS) is 20.2. The highest BCUT2D eigenvalue weighted by Crippen LogP contribution is 2.40. The lowest BCUT2D eigenvalue weighted by Gasteiger charge is -2.18. The number of hydrogen-bond donors (Lipinski definition) is 1. The average Bonchev–Trinajstić information content (AvgIpc) is 3.12. The Kier molecular flexibility index (Phi) is 4.15. The molecular weight excluding hydrogens is 290 g/mol. The fraction of sp³-hybridized carbons (Fsp3) is 0.632. The van der Waals surface area contributed by atoms with Crippen molar-refractivity contribution in [3.8, 4) is 11.5 Å². The first kappa shape index (κ1) is 14.9. The highest BCUT2D eigenvalue weighted by molar-refractivity contribution is 5.81. The van der Waals surface area contributed by atoms with Crippen LogP contribution in [-0.4, -0.2) is 25.2 Å². The standard InChI is InChI=1S/C19H25NO3/c21-18(20-14-5-3-1-2-4-6-14)12-16-15-8-10-22-17(15)11-13-7-9-23-19(13)16/h11,14H,1-10,12H2,(H,20,21). The van der Waals surface area contributed by atoms with E-state index in [0.717, 1.165) is 56.0 Å². The van der Waals surface area contributed by atoms with Crippen LogP contribution in [0.4, 0.5) is 0 Å². The molecule has 4 rings (SSSR count). The number of hydrogen-bond acceptors (Lipinski definition) is 3. The van der Waals surface area contributed by atoms with Gasteiger partial charge in [-0.1, -0.05) is 25.7 Å². The van der Waals surface area contributed by atoms with Crippen molar-refractivity contribution < 1.29 is 14.3 Å². The summed E-state index contributed by atoms with van der Waals surface area (Å²) in [6.07, 6.45) is 9.55. The number of benzene rings is 1. The zero-order valence-corrected chi connectivity index (χ0v) is 13.7. The molecule has 0 atom stereocenters. The van der Waals surface area contributed by atoms with Crippen LogP contribution in [0, 0.1) is 0 Å². The van der Waals surface area contributed by atoms with Crippen molar-refractivity contribution in [1.82, 2.24) is 5.32 Å². The molecule has 1 aromatic carbocycles. The van der Waals surface area contributed by atoms with E-state index in [-0.39, 0.29) is 5.91 Å². The van der Waals surface area contributed by atoms with E-state index in [4.69, 9.17) is 9.47 Å². The van der Waals surface area contributed by atoms with Crippen molar-refractivity contribution in [2.45, 2.75) is 63.8 Å². The first-order valence-corrected chi connectivity index (χ1v) is 9.04. The predicted octanol–water partition coefficient (Wildman–Crippen LogP) is 2.94. The first-order valence-electron chi connectivity index (χ1n) is 9.04. The van der Waals surface area contributed by atoms with Gasteiger partial charge in [0.2, 0.25) is 5.91 Å². The number of nitrogens with one attached hydrogen (secondary N) is 1. The fourth-order valence-corrected chi connectivity index (χ4v) is 4.13. The molecule has 4 nitrogen and oxygen atoms in total.